The fourth-order valence-electron chi connectivity index (χ4n) is 3.43. The Morgan fingerprint density at radius 1 is 1.44 bits per heavy atom. The van der Waals surface area contributed by atoms with Crippen LogP contribution in [-0.2, 0) is 15.7 Å². The van der Waals surface area contributed by atoms with Crippen molar-refractivity contribution in [2.75, 3.05) is 26.8 Å². The SMILES string of the molecule is COCC(=O)N1CCC[C@H](c2noc3nc(C(C)C)cc(C(F)(F)F)c23)C1. The molecule has 1 amide bonds. The first-order chi connectivity index (χ1) is 12.7. The number of halogens is 3. The van der Waals surface area contributed by atoms with Gasteiger partial charge in [0.05, 0.1) is 16.6 Å². The van der Waals surface area contributed by atoms with E-state index >= 15 is 0 Å². The van der Waals surface area contributed by atoms with Gasteiger partial charge in [0.1, 0.15) is 6.61 Å². The summed E-state index contributed by atoms with van der Waals surface area (Å²) in [5.74, 6) is -0.708. The van der Waals surface area contributed by atoms with Crippen molar-refractivity contribution in [3.63, 3.8) is 0 Å². The first-order valence-electron chi connectivity index (χ1n) is 8.86. The van der Waals surface area contributed by atoms with Gasteiger partial charge in [-0.05, 0) is 24.8 Å². The third kappa shape index (κ3) is 3.92. The van der Waals surface area contributed by atoms with Crippen molar-refractivity contribution in [2.24, 2.45) is 0 Å². The minimum atomic E-state index is -4.55. The number of pyridine rings is 1. The van der Waals surface area contributed by atoms with Crippen LogP contribution in [0.15, 0.2) is 10.6 Å². The molecule has 0 bridgehead atoms. The van der Waals surface area contributed by atoms with Crippen LogP contribution in [0.25, 0.3) is 11.1 Å². The van der Waals surface area contributed by atoms with Gasteiger partial charge in [0.2, 0.25) is 5.91 Å². The van der Waals surface area contributed by atoms with E-state index < -0.39 is 11.7 Å². The topological polar surface area (TPSA) is 68.5 Å². The minimum absolute atomic E-state index is 0.0562. The molecular weight excluding hydrogens is 363 g/mol. The molecule has 0 N–H and O–H groups in total. The zero-order chi connectivity index (χ0) is 19.8. The van der Waals surface area contributed by atoms with E-state index in [0.717, 1.165) is 6.07 Å². The highest BCUT2D eigenvalue weighted by Gasteiger charge is 2.38. The van der Waals surface area contributed by atoms with Crippen LogP contribution < -0.4 is 0 Å². The number of amides is 1. The zero-order valence-electron chi connectivity index (χ0n) is 15.5. The average Bonchev–Trinajstić information content (AvgIpc) is 3.04. The number of alkyl halides is 3. The molecule has 9 heteroatoms. The largest absolute Gasteiger partial charge is 0.417 e. The predicted octanol–water partition coefficient (Wildman–Crippen LogP) is 3.72. The summed E-state index contributed by atoms with van der Waals surface area (Å²) >= 11 is 0. The number of carbonyl (C=O) groups is 1. The maximum atomic E-state index is 13.7. The summed E-state index contributed by atoms with van der Waals surface area (Å²) in [6.45, 7) is 4.32. The Hall–Kier alpha value is -2.16. The number of hydrogen-bond donors (Lipinski definition) is 0. The molecule has 1 aliphatic heterocycles. The third-order valence-corrected chi connectivity index (χ3v) is 4.82. The van der Waals surface area contributed by atoms with Gasteiger partial charge in [0.25, 0.3) is 5.71 Å². The van der Waals surface area contributed by atoms with Gasteiger partial charge in [0, 0.05) is 31.8 Å². The molecule has 0 aliphatic carbocycles. The van der Waals surface area contributed by atoms with Gasteiger partial charge in [0.15, 0.2) is 0 Å². The fraction of sp³-hybridized carbons (Fsp3) is 0.611. The standard InChI is InChI=1S/C18H22F3N3O3/c1-10(2)13-7-12(18(19,20)21)15-16(23-27-17(15)22-13)11-5-4-6-24(8-11)14(25)9-26-3/h7,10-11H,4-6,8-9H2,1-3H3/t11-/m0/s1. The predicted molar refractivity (Wildman–Crippen MR) is 91.3 cm³/mol. The van der Waals surface area contributed by atoms with Gasteiger partial charge in [-0.25, -0.2) is 4.98 Å². The number of likely N-dealkylation sites (tertiary alicyclic amines) is 1. The quantitative estimate of drug-likeness (QED) is 0.802. The lowest BCUT2D eigenvalue weighted by molar-refractivity contribution is -0.137. The van der Waals surface area contributed by atoms with Crippen LogP contribution in [0.1, 0.15) is 55.5 Å². The first-order valence-corrected chi connectivity index (χ1v) is 8.86. The number of fused-ring (bicyclic) bond motifs is 1. The summed E-state index contributed by atoms with van der Waals surface area (Å²) in [7, 11) is 1.43. The molecule has 1 saturated heterocycles. The molecule has 2 aromatic heterocycles. The number of carbonyl (C=O) groups excluding carboxylic acids is 1. The summed E-state index contributed by atoms with van der Waals surface area (Å²) in [6.07, 6.45) is -3.25. The Labute approximate surface area is 154 Å². The number of aromatic nitrogens is 2. The molecule has 3 rings (SSSR count). The lowest BCUT2D eigenvalue weighted by Gasteiger charge is -2.32. The van der Waals surface area contributed by atoms with Crippen LogP contribution in [0, 0.1) is 0 Å². The van der Waals surface area contributed by atoms with E-state index in [4.69, 9.17) is 9.26 Å². The number of piperidine rings is 1. The molecule has 27 heavy (non-hydrogen) atoms. The molecule has 1 fully saturated rings. The monoisotopic (exact) mass is 385 g/mol. The summed E-state index contributed by atoms with van der Waals surface area (Å²) < 4.78 is 51.2. The summed E-state index contributed by atoms with van der Waals surface area (Å²) in [5, 5.41) is 3.83. The Kier molecular flexibility index (Phi) is 5.41. The van der Waals surface area contributed by atoms with E-state index in [0.29, 0.717) is 25.1 Å². The molecule has 0 aromatic carbocycles. The van der Waals surface area contributed by atoms with Crippen LogP contribution in [0.3, 0.4) is 0 Å². The van der Waals surface area contributed by atoms with Crippen molar-refractivity contribution < 1.29 is 27.2 Å². The molecule has 148 valence electrons. The van der Waals surface area contributed by atoms with Gasteiger partial charge < -0.3 is 14.2 Å². The Bertz CT molecular complexity index is 832. The number of methoxy groups -OCH3 is 1. The van der Waals surface area contributed by atoms with E-state index in [1.807, 2.05) is 0 Å². The van der Waals surface area contributed by atoms with Crippen molar-refractivity contribution in [1.82, 2.24) is 15.0 Å². The van der Waals surface area contributed by atoms with Crippen molar-refractivity contribution in [3.8, 4) is 0 Å². The molecule has 2 aromatic rings. The second kappa shape index (κ2) is 7.46. The molecular formula is C18H22F3N3O3. The first kappa shape index (κ1) is 19.6. The second-order valence-electron chi connectivity index (χ2n) is 7.11. The minimum Gasteiger partial charge on any atom is -0.375 e. The van der Waals surface area contributed by atoms with Crippen molar-refractivity contribution in [2.45, 2.75) is 44.7 Å². The molecule has 0 unspecified atom stereocenters. The molecule has 3 heterocycles. The highest BCUT2D eigenvalue weighted by atomic mass is 19.4. The Morgan fingerprint density at radius 2 is 2.19 bits per heavy atom. The molecule has 0 saturated carbocycles. The summed E-state index contributed by atoms with van der Waals surface area (Å²) in [4.78, 5) is 17.9. The lowest BCUT2D eigenvalue weighted by Crippen LogP contribution is -2.41. The van der Waals surface area contributed by atoms with Gasteiger partial charge in [-0.15, -0.1) is 0 Å². The summed E-state index contributed by atoms with van der Waals surface area (Å²) in [6, 6.07) is 1.07. The van der Waals surface area contributed by atoms with E-state index in [1.165, 1.54) is 7.11 Å². The number of rotatable bonds is 4. The van der Waals surface area contributed by atoms with Gasteiger partial charge in [-0.1, -0.05) is 19.0 Å². The summed E-state index contributed by atoms with van der Waals surface area (Å²) in [5.41, 5.74) is -0.371. The molecule has 0 spiro atoms. The normalized spacial score (nSPS) is 18.5. The number of hydrogen-bond acceptors (Lipinski definition) is 5. The van der Waals surface area contributed by atoms with Crippen LogP contribution in [0.4, 0.5) is 13.2 Å². The van der Waals surface area contributed by atoms with E-state index in [9.17, 15) is 18.0 Å². The van der Waals surface area contributed by atoms with Gasteiger partial charge in [-0.2, -0.15) is 13.2 Å². The van der Waals surface area contributed by atoms with E-state index in [-0.39, 0.29) is 47.7 Å². The van der Waals surface area contributed by atoms with Crippen molar-refractivity contribution in [1.29, 1.82) is 0 Å². The molecule has 1 atom stereocenters. The highest BCUT2D eigenvalue weighted by Crippen LogP contribution is 2.40. The fourth-order valence-corrected chi connectivity index (χ4v) is 3.43. The number of nitrogens with zero attached hydrogens (tertiary/aromatic N) is 3. The number of ether oxygens (including phenoxy) is 1. The van der Waals surface area contributed by atoms with Gasteiger partial charge in [-0.3, -0.25) is 4.79 Å². The van der Waals surface area contributed by atoms with Crippen LogP contribution >= 0.6 is 0 Å². The maximum Gasteiger partial charge on any atom is 0.417 e. The smallest absolute Gasteiger partial charge is 0.375 e. The van der Waals surface area contributed by atoms with Crippen molar-refractivity contribution >= 4 is 17.0 Å². The Balaban J connectivity index is 2.03. The van der Waals surface area contributed by atoms with Crippen LogP contribution in [-0.4, -0.2) is 47.8 Å². The Morgan fingerprint density at radius 3 is 2.81 bits per heavy atom. The van der Waals surface area contributed by atoms with E-state index in [2.05, 4.69) is 10.1 Å². The average molecular weight is 385 g/mol. The van der Waals surface area contributed by atoms with Gasteiger partial charge >= 0.3 is 6.18 Å². The highest BCUT2D eigenvalue weighted by molar-refractivity contribution is 5.82. The van der Waals surface area contributed by atoms with Crippen LogP contribution in [0.5, 0.6) is 0 Å². The third-order valence-electron chi connectivity index (χ3n) is 4.82. The van der Waals surface area contributed by atoms with Crippen LogP contribution in [0.2, 0.25) is 0 Å². The zero-order valence-corrected chi connectivity index (χ0v) is 15.5. The maximum absolute atomic E-state index is 13.7. The molecule has 6 nitrogen and oxygen atoms in total. The van der Waals surface area contributed by atoms with Crippen molar-refractivity contribution in [3.05, 3.63) is 23.0 Å². The lowest BCUT2D eigenvalue weighted by atomic mass is 9.91. The van der Waals surface area contributed by atoms with E-state index in [1.54, 1.807) is 18.7 Å². The molecule has 0 radical (unpaired) electrons. The molecule has 1 aliphatic rings. The second-order valence-corrected chi connectivity index (χ2v) is 7.11.